The Bertz CT molecular complexity index is 1070. The quantitative estimate of drug-likeness (QED) is 0.0421. The lowest BCUT2D eigenvalue weighted by Gasteiger charge is -2.19. The van der Waals surface area contributed by atoms with Crippen molar-refractivity contribution in [3.63, 3.8) is 0 Å². The Kier molecular flexibility index (Phi) is 51.3. The van der Waals surface area contributed by atoms with Crippen LogP contribution in [-0.4, -0.2) is 34.9 Å². The first-order valence-electron chi connectivity index (χ1n) is 27.2. The van der Waals surface area contributed by atoms with Gasteiger partial charge in [0.25, 0.3) is 0 Å². The molecule has 0 fully saturated rings. The van der Waals surface area contributed by atoms with Crippen molar-refractivity contribution in [1.82, 2.24) is 5.32 Å². The monoisotopic (exact) mass is 864 g/mol. The Balaban J connectivity index is 3.59. The molecule has 0 saturated heterocycles. The van der Waals surface area contributed by atoms with Crippen LogP contribution >= 0.6 is 0 Å². The molecule has 0 aromatic rings. The number of unbranched alkanes of at least 4 members (excludes halogenated alkanes) is 32. The number of allylic oxidation sites excluding steroid dienone is 11. The van der Waals surface area contributed by atoms with Gasteiger partial charge in [-0.25, -0.2) is 0 Å². The van der Waals surface area contributed by atoms with Crippen molar-refractivity contribution in [1.29, 1.82) is 0 Å². The molecular formula is C58H105NO3. The van der Waals surface area contributed by atoms with Crippen LogP contribution in [0.1, 0.15) is 271 Å². The van der Waals surface area contributed by atoms with Crippen LogP contribution in [0.3, 0.4) is 0 Å². The van der Waals surface area contributed by atoms with Gasteiger partial charge in [-0.2, -0.15) is 0 Å². The molecule has 0 aromatic heterocycles. The lowest BCUT2D eigenvalue weighted by molar-refractivity contribution is -0.123. The van der Waals surface area contributed by atoms with Crippen LogP contribution in [0, 0.1) is 0 Å². The highest BCUT2D eigenvalue weighted by atomic mass is 16.3. The minimum Gasteiger partial charge on any atom is -0.394 e. The van der Waals surface area contributed by atoms with Crippen LogP contribution in [0.5, 0.6) is 0 Å². The summed E-state index contributed by atoms with van der Waals surface area (Å²) < 4.78 is 0. The number of aliphatic hydroxyl groups excluding tert-OH is 2. The molecule has 0 heterocycles. The highest BCUT2D eigenvalue weighted by Gasteiger charge is 2.17. The van der Waals surface area contributed by atoms with Crippen LogP contribution in [0.25, 0.3) is 0 Å². The molecule has 0 radical (unpaired) electrons. The molecule has 4 heteroatoms. The number of carbonyl (C=O) groups is 1. The maximum Gasteiger partial charge on any atom is 0.220 e. The second-order valence-corrected chi connectivity index (χ2v) is 18.3. The third-order valence-corrected chi connectivity index (χ3v) is 12.1. The van der Waals surface area contributed by atoms with Crippen molar-refractivity contribution < 1.29 is 15.0 Å². The van der Waals surface area contributed by atoms with Crippen LogP contribution in [0.15, 0.2) is 72.9 Å². The van der Waals surface area contributed by atoms with E-state index in [1.54, 1.807) is 6.08 Å². The Hall–Kier alpha value is -2.17. The highest BCUT2D eigenvalue weighted by Crippen LogP contribution is 2.16. The van der Waals surface area contributed by atoms with E-state index in [9.17, 15) is 15.0 Å². The maximum absolute atomic E-state index is 12.4. The zero-order valence-electron chi connectivity index (χ0n) is 41.4. The molecule has 0 aliphatic rings. The molecule has 0 spiro atoms. The lowest BCUT2D eigenvalue weighted by Crippen LogP contribution is -2.45. The first kappa shape index (κ1) is 59.8. The molecule has 2 atom stereocenters. The fraction of sp³-hybridized carbons (Fsp3) is 0.776. The van der Waals surface area contributed by atoms with E-state index in [0.717, 1.165) is 64.2 Å². The van der Waals surface area contributed by atoms with Gasteiger partial charge in [0.1, 0.15) is 0 Å². The Morgan fingerprint density at radius 2 is 0.677 bits per heavy atom. The highest BCUT2D eigenvalue weighted by molar-refractivity contribution is 5.76. The van der Waals surface area contributed by atoms with Gasteiger partial charge < -0.3 is 15.5 Å². The van der Waals surface area contributed by atoms with E-state index in [2.05, 4.69) is 79.9 Å². The normalized spacial score (nSPS) is 13.4. The van der Waals surface area contributed by atoms with Crippen molar-refractivity contribution in [3.05, 3.63) is 72.9 Å². The summed E-state index contributed by atoms with van der Waals surface area (Å²) in [6.45, 7) is 4.27. The molecular weight excluding hydrogens is 759 g/mol. The summed E-state index contributed by atoms with van der Waals surface area (Å²) in [6.07, 6.45) is 76.3. The second-order valence-electron chi connectivity index (χ2n) is 18.3. The average Bonchev–Trinajstić information content (AvgIpc) is 3.28. The summed E-state index contributed by atoms with van der Waals surface area (Å²) in [5.74, 6) is -0.0911. The van der Waals surface area contributed by atoms with Crippen LogP contribution < -0.4 is 5.32 Å². The minimum absolute atomic E-state index is 0.0911. The largest absolute Gasteiger partial charge is 0.394 e. The van der Waals surface area contributed by atoms with Gasteiger partial charge in [0, 0.05) is 6.42 Å². The number of hydrogen-bond donors (Lipinski definition) is 3. The summed E-state index contributed by atoms with van der Waals surface area (Å²) in [5.41, 5.74) is 0. The molecule has 0 bridgehead atoms. The molecule has 0 aliphatic heterocycles. The smallest absolute Gasteiger partial charge is 0.220 e. The predicted molar refractivity (Wildman–Crippen MR) is 276 cm³/mol. The van der Waals surface area contributed by atoms with Crippen molar-refractivity contribution in [3.8, 4) is 0 Å². The van der Waals surface area contributed by atoms with E-state index in [-0.39, 0.29) is 12.5 Å². The fourth-order valence-electron chi connectivity index (χ4n) is 7.98. The van der Waals surface area contributed by atoms with Crippen LogP contribution in [0.4, 0.5) is 0 Å². The molecule has 0 saturated carbocycles. The molecule has 1 amide bonds. The maximum atomic E-state index is 12.4. The van der Waals surface area contributed by atoms with E-state index in [1.165, 1.54) is 186 Å². The molecule has 3 N–H and O–H groups in total. The third-order valence-electron chi connectivity index (χ3n) is 12.1. The van der Waals surface area contributed by atoms with Crippen LogP contribution in [0.2, 0.25) is 0 Å². The summed E-state index contributed by atoms with van der Waals surface area (Å²) in [7, 11) is 0. The summed E-state index contributed by atoms with van der Waals surface area (Å²) in [4.78, 5) is 12.4. The zero-order chi connectivity index (χ0) is 44.9. The number of nitrogens with one attached hydrogen (secondary N) is 1. The number of carbonyl (C=O) groups excluding carboxylic acids is 1. The van der Waals surface area contributed by atoms with E-state index in [0.29, 0.717) is 6.42 Å². The van der Waals surface area contributed by atoms with Crippen LogP contribution in [-0.2, 0) is 4.79 Å². The minimum atomic E-state index is -0.880. The SMILES string of the molecule is CCCCC/C=C\C/C=C\C/C=C\CCCCCCCCC(=O)NC(CO)C(O)/C=C/CC/C=C/CC/C=C/CCCCCCCCCCCCCCCCCCCCCCC. The number of aliphatic hydroxyl groups is 2. The van der Waals surface area contributed by atoms with Gasteiger partial charge in [0.15, 0.2) is 0 Å². The van der Waals surface area contributed by atoms with Crippen molar-refractivity contribution in [2.45, 2.75) is 283 Å². The molecule has 0 aromatic carbocycles. The summed E-state index contributed by atoms with van der Waals surface area (Å²) in [6, 6.07) is -0.657. The van der Waals surface area contributed by atoms with Gasteiger partial charge in [-0.05, 0) is 83.5 Å². The number of hydrogen-bond acceptors (Lipinski definition) is 3. The summed E-state index contributed by atoms with van der Waals surface area (Å²) in [5, 5.41) is 23.1. The van der Waals surface area contributed by atoms with Gasteiger partial charge >= 0.3 is 0 Å². The molecule has 0 aliphatic carbocycles. The molecule has 2 unspecified atom stereocenters. The molecule has 62 heavy (non-hydrogen) atoms. The third kappa shape index (κ3) is 48.9. The molecule has 4 nitrogen and oxygen atoms in total. The Labute approximate surface area is 387 Å². The number of amides is 1. The van der Waals surface area contributed by atoms with Gasteiger partial charge in [-0.3, -0.25) is 4.79 Å². The summed E-state index contributed by atoms with van der Waals surface area (Å²) >= 11 is 0. The molecule has 0 rings (SSSR count). The molecule has 360 valence electrons. The van der Waals surface area contributed by atoms with E-state index >= 15 is 0 Å². The second kappa shape index (κ2) is 53.2. The Morgan fingerprint density at radius 1 is 0.387 bits per heavy atom. The van der Waals surface area contributed by atoms with Crippen molar-refractivity contribution in [2.24, 2.45) is 0 Å². The van der Waals surface area contributed by atoms with Gasteiger partial charge in [0.05, 0.1) is 18.8 Å². The van der Waals surface area contributed by atoms with Crippen molar-refractivity contribution >= 4 is 5.91 Å². The first-order valence-corrected chi connectivity index (χ1v) is 27.2. The zero-order valence-corrected chi connectivity index (χ0v) is 41.4. The van der Waals surface area contributed by atoms with E-state index < -0.39 is 12.1 Å². The van der Waals surface area contributed by atoms with Gasteiger partial charge in [0.2, 0.25) is 5.91 Å². The fourth-order valence-corrected chi connectivity index (χ4v) is 7.98. The van der Waals surface area contributed by atoms with Gasteiger partial charge in [-0.15, -0.1) is 0 Å². The van der Waals surface area contributed by atoms with Crippen molar-refractivity contribution in [2.75, 3.05) is 6.61 Å². The standard InChI is InChI=1S/C58H105NO3/c1-3-5-7-9-11-13-15-17-19-21-23-24-25-26-27-28-29-30-31-32-33-34-36-37-39-41-43-45-47-49-51-53-57(61)56(55-60)59-58(62)54-52-50-48-46-44-42-40-38-35-22-20-18-16-14-12-10-8-6-4-2/h12,14,18,20,35-38,43,45,51,53,56-57,60-61H,3-11,13,15-17,19,21-34,39-42,44,46-50,52,54-55H2,1-2H3,(H,59,62)/b14-12-,20-18-,37-36+,38-35-,45-43+,53-51+. The topological polar surface area (TPSA) is 69.6 Å². The Morgan fingerprint density at radius 3 is 1.08 bits per heavy atom. The van der Waals surface area contributed by atoms with E-state index in [1.807, 2.05) is 6.08 Å². The predicted octanol–water partition coefficient (Wildman–Crippen LogP) is 17.8. The first-order chi connectivity index (χ1) is 30.7. The average molecular weight is 864 g/mol. The number of rotatable bonds is 49. The van der Waals surface area contributed by atoms with E-state index in [4.69, 9.17) is 0 Å². The van der Waals surface area contributed by atoms with Gasteiger partial charge in [-0.1, -0.05) is 254 Å². The lowest BCUT2D eigenvalue weighted by atomic mass is 10.0.